The minimum Gasteiger partial charge on any atom is -0.286 e. The van der Waals surface area contributed by atoms with Crippen molar-refractivity contribution in [1.29, 1.82) is 0 Å². The number of nitrogens with one attached hydrogen (secondary N) is 1. The van der Waals surface area contributed by atoms with E-state index < -0.39 is 0 Å². The van der Waals surface area contributed by atoms with Gasteiger partial charge in [-0.05, 0) is 23.8 Å². The zero-order chi connectivity index (χ0) is 10.8. The molecule has 5 heteroatoms. The van der Waals surface area contributed by atoms with Gasteiger partial charge in [0, 0.05) is 11.8 Å². The molecule has 0 aliphatic carbocycles. The molecule has 76 valence electrons. The van der Waals surface area contributed by atoms with E-state index in [0.717, 1.165) is 17.3 Å². The molecule has 1 aromatic rings. The monoisotopic (exact) mass is 223 g/mol. The molecular formula is C10H8FN2OS+. The Morgan fingerprint density at radius 1 is 1.33 bits per heavy atom. The van der Waals surface area contributed by atoms with E-state index in [1.165, 1.54) is 12.1 Å². The van der Waals surface area contributed by atoms with Gasteiger partial charge in [-0.3, -0.25) is 5.73 Å². The Morgan fingerprint density at radius 3 is 2.53 bits per heavy atom. The van der Waals surface area contributed by atoms with Gasteiger partial charge >= 0.3 is 5.24 Å². The molecular weight excluding hydrogens is 215 g/mol. The lowest BCUT2D eigenvalue weighted by molar-refractivity contribution is -0.326. The van der Waals surface area contributed by atoms with Crippen LogP contribution < -0.4 is 10.7 Å². The lowest BCUT2D eigenvalue weighted by Crippen LogP contribution is -2.74. The molecule has 0 fully saturated rings. The third-order valence-corrected chi connectivity index (χ3v) is 2.72. The minimum atomic E-state index is -0.289. The van der Waals surface area contributed by atoms with Gasteiger partial charge in [-0.25, -0.2) is 9.18 Å². The number of hydrogen-bond donors (Lipinski definition) is 2. The summed E-state index contributed by atoms with van der Waals surface area (Å²) in [5.41, 5.74) is 6.37. The average molecular weight is 223 g/mol. The van der Waals surface area contributed by atoms with Crippen molar-refractivity contribution < 1.29 is 14.2 Å². The average Bonchev–Trinajstić information content (AvgIpc) is 2.49. The fourth-order valence-corrected chi connectivity index (χ4v) is 1.89. The molecule has 0 unspecified atom stereocenters. The van der Waals surface area contributed by atoms with Gasteiger partial charge in [0.15, 0.2) is 0 Å². The summed E-state index contributed by atoms with van der Waals surface area (Å²) in [5, 5.41) is -0.194. The molecule has 3 N–H and O–H groups in total. The molecule has 2 rings (SSSR count). The van der Waals surface area contributed by atoms with Gasteiger partial charge in [0.05, 0.1) is 0 Å². The van der Waals surface area contributed by atoms with Crippen LogP contribution in [0.5, 0.6) is 0 Å². The zero-order valence-electron chi connectivity index (χ0n) is 7.66. The van der Waals surface area contributed by atoms with Crippen molar-refractivity contribution in [3.63, 3.8) is 0 Å². The number of nitrogens with two attached hydrogens (primary N) is 1. The van der Waals surface area contributed by atoms with E-state index in [4.69, 9.17) is 5.73 Å². The minimum absolute atomic E-state index is 0.194. The highest BCUT2D eigenvalue weighted by atomic mass is 32.2. The summed E-state index contributed by atoms with van der Waals surface area (Å²) in [7, 11) is 0. The van der Waals surface area contributed by atoms with Crippen molar-refractivity contribution in [3.05, 3.63) is 40.6 Å². The third kappa shape index (κ3) is 2.24. The number of carbonyl (C=O) groups is 1. The topological polar surface area (TPSA) is 57.1 Å². The Morgan fingerprint density at radius 2 is 2.00 bits per heavy atom. The van der Waals surface area contributed by atoms with Crippen molar-refractivity contribution in [2.24, 2.45) is 5.73 Å². The Bertz CT molecular complexity index is 465. The highest BCUT2D eigenvalue weighted by Crippen LogP contribution is 2.20. The lowest BCUT2D eigenvalue weighted by atomic mass is 10.2. The number of thioether (sulfide) groups is 1. The summed E-state index contributed by atoms with van der Waals surface area (Å²) in [6, 6.07) is 5.97. The summed E-state index contributed by atoms with van der Waals surface area (Å²) in [6.45, 7) is 0. The maximum Gasteiger partial charge on any atom is 0.372 e. The molecule has 0 aromatic heterocycles. The van der Waals surface area contributed by atoms with Crippen LogP contribution in [0.4, 0.5) is 9.18 Å². The van der Waals surface area contributed by atoms with Crippen LogP contribution in [-0.4, -0.2) is 11.1 Å². The van der Waals surface area contributed by atoms with Crippen LogP contribution in [0.2, 0.25) is 0 Å². The Hall–Kier alpha value is -1.62. The van der Waals surface area contributed by atoms with Crippen LogP contribution in [0.3, 0.4) is 0 Å². The number of amides is 1. The van der Waals surface area contributed by atoms with Crippen LogP contribution in [0, 0.1) is 5.82 Å². The molecule has 0 atom stereocenters. The van der Waals surface area contributed by atoms with Crippen molar-refractivity contribution in [1.82, 2.24) is 0 Å². The predicted molar refractivity (Wildman–Crippen MR) is 57.5 cm³/mol. The van der Waals surface area contributed by atoms with Crippen LogP contribution in [0.25, 0.3) is 6.08 Å². The van der Waals surface area contributed by atoms with E-state index in [2.05, 4.69) is 4.99 Å². The summed E-state index contributed by atoms with van der Waals surface area (Å²) in [4.78, 5) is 14.1. The molecule has 0 saturated heterocycles. The van der Waals surface area contributed by atoms with E-state index in [-0.39, 0.29) is 11.1 Å². The van der Waals surface area contributed by atoms with Gasteiger partial charge in [-0.1, -0.05) is 12.1 Å². The fourth-order valence-electron chi connectivity index (χ4n) is 1.17. The summed E-state index contributed by atoms with van der Waals surface area (Å²) < 4.78 is 12.6. The van der Waals surface area contributed by atoms with Crippen molar-refractivity contribution in [2.75, 3.05) is 0 Å². The van der Waals surface area contributed by atoms with Gasteiger partial charge in [0.25, 0.3) is 5.84 Å². The molecule has 0 radical (unpaired) electrons. The molecule has 0 saturated carbocycles. The smallest absolute Gasteiger partial charge is 0.286 e. The Balaban J connectivity index is 2.28. The number of benzene rings is 1. The number of amidine groups is 1. The van der Waals surface area contributed by atoms with E-state index >= 15 is 0 Å². The zero-order valence-corrected chi connectivity index (χ0v) is 8.48. The van der Waals surface area contributed by atoms with E-state index in [9.17, 15) is 9.18 Å². The third-order valence-electron chi connectivity index (χ3n) is 1.87. The first-order valence-corrected chi connectivity index (χ1v) is 5.06. The van der Waals surface area contributed by atoms with Gasteiger partial charge in [0.1, 0.15) is 10.7 Å². The molecule has 1 aliphatic rings. The summed E-state index contributed by atoms with van der Waals surface area (Å²) >= 11 is 1.03. The van der Waals surface area contributed by atoms with E-state index in [1.807, 2.05) is 0 Å². The fraction of sp³-hybridized carbons (Fsp3) is 0. The second kappa shape index (κ2) is 3.86. The van der Waals surface area contributed by atoms with Crippen LogP contribution in [-0.2, 0) is 0 Å². The number of rotatable bonds is 1. The molecule has 15 heavy (non-hydrogen) atoms. The lowest BCUT2D eigenvalue weighted by Gasteiger charge is -1.94. The van der Waals surface area contributed by atoms with Gasteiger partial charge in [0.2, 0.25) is 0 Å². The van der Waals surface area contributed by atoms with E-state index in [0.29, 0.717) is 10.7 Å². The molecule has 3 nitrogen and oxygen atoms in total. The Labute approximate surface area is 89.9 Å². The highest BCUT2D eigenvalue weighted by molar-refractivity contribution is 8.17. The quantitative estimate of drug-likeness (QED) is 0.727. The normalized spacial score (nSPS) is 18.3. The standard InChI is InChI=1S/C10H7FN2OS/c11-7-3-1-6(2-4-7)5-8-9(12)13-10(14)15-8/h1-5H,(H2,12,13,14)/p+1/b8-5-. The van der Waals surface area contributed by atoms with E-state index in [1.54, 1.807) is 18.2 Å². The highest BCUT2D eigenvalue weighted by Gasteiger charge is 2.23. The first-order valence-electron chi connectivity index (χ1n) is 4.24. The number of carbonyl (C=O) groups excluding carboxylic acids is 1. The molecule has 1 aliphatic heterocycles. The van der Waals surface area contributed by atoms with Crippen LogP contribution in [0.1, 0.15) is 5.56 Å². The first kappa shape index (κ1) is 9.92. The van der Waals surface area contributed by atoms with Gasteiger partial charge < -0.3 is 0 Å². The SMILES string of the molecule is NC1=[NH+]C(=O)S/C1=C\c1ccc(F)cc1. The van der Waals surface area contributed by atoms with Crippen LogP contribution in [0.15, 0.2) is 29.2 Å². The van der Waals surface area contributed by atoms with Crippen molar-refractivity contribution >= 4 is 28.9 Å². The maximum atomic E-state index is 12.6. The number of halogens is 1. The Kier molecular flexibility index (Phi) is 2.55. The van der Waals surface area contributed by atoms with Crippen molar-refractivity contribution in [2.45, 2.75) is 0 Å². The predicted octanol–water partition coefficient (Wildman–Crippen LogP) is 0.471. The summed E-state index contributed by atoms with van der Waals surface area (Å²) in [6.07, 6.45) is 1.73. The first-order chi connectivity index (χ1) is 7.15. The molecule has 1 amide bonds. The summed E-state index contributed by atoms with van der Waals surface area (Å²) in [5.74, 6) is 0.0525. The second-order valence-corrected chi connectivity index (χ2v) is 4.00. The van der Waals surface area contributed by atoms with Gasteiger partial charge in [-0.2, -0.15) is 4.99 Å². The largest absolute Gasteiger partial charge is 0.372 e. The maximum absolute atomic E-state index is 12.6. The van der Waals surface area contributed by atoms with Gasteiger partial charge in [-0.15, -0.1) is 0 Å². The van der Waals surface area contributed by atoms with Crippen molar-refractivity contribution in [3.8, 4) is 0 Å². The number of hydrogen-bond acceptors (Lipinski definition) is 3. The molecule has 1 aromatic carbocycles. The van der Waals surface area contributed by atoms with Crippen LogP contribution >= 0.6 is 11.8 Å². The molecule has 0 bridgehead atoms. The second-order valence-electron chi connectivity index (χ2n) is 2.99. The molecule has 1 heterocycles. The molecule has 0 spiro atoms.